The number of nitrogens with zero attached hydrogens (tertiary/aromatic N) is 2. The van der Waals surface area contributed by atoms with Crippen LogP contribution in [0, 0.1) is 5.92 Å². The summed E-state index contributed by atoms with van der Waals surface area (Å²) in [4.78, 5) is 22.6. The van der Waals surface area contributed by atoms with Crippen LogP contribution in [0.15, 0.2) is 24.5 Å². The van der Waals surface area contributed by atoms with E-state index < -0.39 is 0 Å². The highest BCUT2D eigenvalue weighted by atomic mass is 32.1. The van der Waals surface area contributed by atoms with Gasteiger partial charge in [0.05, 0.1) is 5.69 Å². The Labute approximate surface area is 140 Å². The molecule has 5 heteroatoms. The molecule has 2 aromatic rings. The van der Waals surface area contributed by atoms with Crippen LogP contribution in [0.1, 0.15) is 42.7 Å². The smallest absolute Gasteiger partial charge is 0.223 e. The fraction of sp³-hybridized carbons (Fsp3) is 0.500. The lowest BCUT2D eigenvalue weighted by molar-refractivity contribution is -0.126. The van der Waals surface area contributed by atoms with Crippen molar-refractivity contribution in [3.05, 3.63) is 35.1 Å². The molecule has 23 heavy (non-hydrogen) atoms. The van der Waals surface area contributed by atoms with Gasteiger partial charge in [0.25, 0.3) is 0 Å². The molecule has 0 aliphatic heterocycles. The first-order valence-electron chi connectivity index (χ1n) is 8.49. The Morgan fingerprint density at radius 3 is 2.74 bits per heavy atom. The molecular weight excluding hydrogens is 306 g/mol. The zero-order valence-corrected chi connectivity index (χ0v) is 13.9. The molecule has 1 atom stereocenters. The number of aromatic nitrogens is 2. The first-order valence-corrected chi connectivity index (χ1v) is 9.30. The topological polar surface area (TPSA) is 54.9 Å². The van der Waals surface area contributed by atoms with Crippen LogP contribution in [-0.4, -0.2) is 21.9 Å². The van der Waals surface area contributed by atoms with Gasteiger partial charge in [0.2, 0.25) is 5.91 Å². The lowest BCUT2D eigenvalue weighted by Crippen LogP contribution is -2.39. The van der Waals surface area contributed by atoms with Crippen molar-refractivity contribution in [1.29, 1.82) is 0 Å². The van der Waals surface area contributed by atoms with Gasteiger partial charge in [0.15, 0.2) is 0 Å². The summed E-state index contributed by atoms with van der Waals surface area (Å²) >= 11 is 1.73. The van der Waals surface area contributed by atoms with Gasteiger partial charge in [-0.05, 0) is 44.2 Å². The van der Waals surface area contributed by atoms with Gasteiger partial charge in [0.1, 0.15) is 5.01 Å². The molecule has 2 aromatic heterocycles. The van der Waals surface area contributed by atoms with Gasteiger partial charge in [-0.1, -0.05) is 12.8 Å². The van der Waals surface area contributed by atoms with Crippen LogP contribution < -0.4 is 5.32 Å². The molecule has 1 unspecified atom stereocenters. The summed E-state index contributed by atoms with van der Waals surface area (Å²) < 4.78 is 0. The Kier molecular flexibility index (Phi) is 4.12. The first-order chi connectivity index (χ1) is 11.3. The highest BCUT2D eigenvalue weighted by Crippen LogP contribution is 2.34. The van der Waals surface area contributed by atoms with E-state index in [-0.39, 0.29) is 11.8 Å². The van der Waals surface area contributed by atoms with Crippen LogP contribution in [0.25, 0.3) is 10.6 Å². The quantitative estimate of drug-likeness (QED) is 0.940. The van der Waals surface area contributed by atoms with Crippen LogP contribution >= 0.6 is 11.3 Å². The van der Waals surface area contributed by atoms with Crippen molar-refractivity contribution >= 4 is 17.2 Å². The second-order valence-corrected chi connectivity index (χ2v) is 7.64. The number of amides is 1. The van der Waals surface area contributed by atoms with E-state index >= 15 is 0 Å². The predicted molar refractivity (Wildman–Crippen MR) is 91.3 cm³/mol. The minimum atomic E-state index is 0.119. The largest absolute Gasteiger partial charge is 0.353 e. The van der Waals surface area contributed by atoms with Crippen molar-refractivity contribution in [2.24, 2.45) is 5.92 Å². The molecule has 0 bridgehead atoms. The van der Waals surface area contributed by atoms with Gasteiger partial charge in [-0.3, -0.25) is 9.78 Å². The maximum absolute atomic E-state index is 12.5. The van der Waals surface area contributed by atoms with Crippen molar-refractivity contribution in [2.45, 2.75) is 51.0 Å². The Hall–Kier alpha value is -1.75. The van der Waals surface area contributed by atoms with Gasteiger partial charge in [-0.15, -0.1) is 11.3 Å². The minimum absolute atomic E-state index is 0.119. The monoisotopic (exact) mass is 327 g/mol. The standard InChI is InChI=1S/C18H21N3OS/c22-17(20-14-3-1-2-4-14)13-5-6-15-16(11-13)23-18(21-15)12-7-9-19-10-8-12/h7-10,13-14H,1-6,11H2,(H,20,22). The maximum Gasteiger partial charge on any atom is 0.223 e. The third-order valence-electron chi connectivity index (χ3n) is 4.94. The van der Waals surface area contributed by atoms with Gasteiger partial charge in [-0.25, -0.2) is 4.98 Å². The molecule has 120 valence electrons. The molecule has 2 heterocycles. The molecule has 4 rings (SSSR count). The second-order valence-electron chi connectivity index (χ2n) is 6.55. The SMILES string of the molecule is O=C(NC1CCCC1)C1CCc2nc(-c3ccncc3)sc2C1. The molecule has 0 spiro atoms. The summed E-state index contributed by atoms with van der Waals surface area (Å²) in [5.74, 6) is 0.371. The number of fused-ring (bicyclic) bond motifs is 1. The Bertz CT molecular complexity index is 692. The number of hydrogen-bond donors (Lipinski definition) is 1. The lowest BCUT2D eigenvalue weighted by Gasteiger charge is -2.22. The molecule has 2 aliphatic rings. The number of thiazole rings is 1. The lowest BCUT2D eigenvalue weighted by atomic mass is 9.90. The molecule has 4 nitrogen and oxygen atoms in total. The van der Waals surface area contributed by atoms with Crippen LogP contribution in [0.2, 0.25) is 0 Å². The highest BCUT2D eigenvalue weighted by Gasteiger charge is 2.29. The van der Waals surface area contributed by atoms with Gasteiger partial charge >= 0.3 is 0 Å². The molecule has 1 amide bonds. The number of nitrogens with one attached hydrogen (secondary N) is 1. The van der Waals surface area contributed by atoms with Crippen molar-refractivity contribution < 1.29 is 4.79 Å². The number of carbonyl (C=O) groups excluding carboxylic acids is 1. The first kappa shape index (κ1) is 14.8. The van der Waals surface area contributed by atoms with Crippen molar-refractivity contribution in [1.82, 2.24) is 15.3 Å². The molecule has 1 fully saturated rings. The Morgan fingerprint density at radius 1 is 1.17 bits per heavy atom. The minimum Gasteiger partial charge on any atom is -0.353 e. The second kappa shape index (κ2) is 6.40. The molecule has 2 aliphatic carbocycles. The van der Waals surface area contributed by atoms with Crippen molar-refractivity contribution in [3.8, 4) is 10.6 Å². The average molecular weight is 327 g/mol. The Balaban J connectivity index is 1.46. The van der Waals surface area contributed by atoms with Crippen LogP contribution in [0.3, 0.4) is 0 Å². The third-order valence-corrected chi connectivity index (χ3v) is 6.11. The van der Waals surface area contributed by atoms with Crippen molar-refractivity contribution in [2.75, 3.05) is 0 Å². The van der Waals surface area contributed by atoms with E-state index in [0.29, 0.717) is 6.04 Å². The summed E-state index contributed by atoms with van der Waals surface area (Å²) in [6.07, 6.45) is 11.1. The third kappa shape index (κ3) is 3.15. The maximum atomic E-state index is 12.5. The van der Waals surface area contributed by atoms with Gasteiger partial charge in [-0.2, -0.15) is 0 Å². The zero-order chi connectivity index (χ0) is 15.6. The zero-order valence-electron chi connectivity index (χ0n) is 13.1. The van der Waals surface area contributed by atoms with Gasteiger partial charge < -0.3 is 5.32 Å². The highest BCUT2D eigenvalue weighted by molar-refractivity contribution is 7.15. The number of carbonyl (C=O) groups is 1. The molecule has 1 N–H and O–H groups in total. The van der Waals surface area contributed by atoms with Crippen molar-refractivity contribution in [3.63, 3.8) is 0 Å². The average Bonchev–Trinajstić information content (AvgIpc) is 3.24. The normalized spacial score (nSPS) is 21.1. The Morgan fingerprint density at radius 2 is 1.96 bits per heavy atom. The van der Waals surface area contributed by atoms with Gasteiger partial charge in [0, 0.05) is 34.8 Å². The van der Waals surface area contributed by atoms with Crippen LogP contribution in [-0.2, 0) is 17.6 Å². The molecular formula is C18H21N3OS. The molecule has 0 aromatic carbocycles. The molecule has 0 saturated heterocycles. The molecule has 1 saturated carbocycles. The van der Waals surface area contributed by atoms with E-state index in [9.17, 15) is 4.79 Å². The van der Waals surface area contributed by atoms with E-state index in [1.807, 2.05) is 12.1 Å². The predicted octanol–water partition coefficient (Wildman–Crippen LogP) is 3.37. The summed E-state index contributed by atoms with van der Waals surface area (Å²) in [5, 5.41) is 4.31. The van der Waals surface area contributed by atoms with E-state index in [1.165, 1.54) is 23.4 Å². The summed E-state index contributed by atoms with van der Waals surface area (Å²) in [7, 11) is 0. The number of rotatable bonds is 3. The summed E-state index contributed by atoms with van der Waals surface area (Å²) in [5.41, 5.74) is 2.30. The van der Waals surface area contributed by atoms with Crippen LogP contribution in [0.4, 0.5) is 0 Å². The van der Waals surface area contributed by atoms with Crippen LogP contribution in [0.5, 0.6) is 0 Å². The summed E-state index contributed by atoms with van der Waals surface area (Å²) in [6, 6.07) is 4.40. The van der Waals surface area contributed by atoms with E-state index in [1.54, 1.807) is 23.7 Å². The fourth-order valence-corrected chi connectivity index (χ4v) is 4.80. The number of pyridine rings is 1. The fourth-order valence-electron chi connectivity index (χ4n) is 3.61. The van der Waals surface area contributed by atoms with E-state index in [0.717, 1.165) is 42.7 Å². The molecule has 0 radical (unpaired) electrons. The van der Waals surface area contributed by atoms with E-state index in [4.69, 9.17) is 4.98 Å². The number of aryl methyl sites for hydroxylation is 1. The number of hydrogen-bond acceptors (Lipinski definition) is 4. The summed E-state index contributed by atoms with van der Waals surface area (Å²) in [6.45, 7) is 0. The van der Waals surface area contributed by atoms with E-state index in [2.05, 4.69) is 10.3 Å².